The zero-order valence-corrected chi connectivity index (χ0v) is 9.50. The van der Waals surface area contributed by atoms with Crippen LogP contribution in [-0.2, 0) is 4.87 Å². The third-order valence-electron chi connectivity index (χ3n) is 2.87. The van der Waals surface area contributed by atoms with E-state index in [1.54, 1.807) is 11.3 Å². The summed E-state index contributed by atoms with van der Waals surface area (Å²) in [5.41, 5.74) is 0. The molecule has 0 bridgehead atoms. The van der Waals surface area contributed by atoms with Gasteiger partial charge in [-0.05, 0) is 30.2 Å². The van der Waals surface area contributed by atoms with Crippen molar-refractivity contribution in [2.45, 2.75) is 37.5 Å². The molecule has 1 unspecified atom stereocenters. The Kier molecular flexibility index (Phi) is 2.66. The van der Waals surface area contributed by atoms with Gasteiger partial charge in [0.25, 0.3) is 0 Å². The molecule has 0 amide bonds. The predicted molar refractivity (Wildman–Crippen MR) is 59.5 cm³/mol. The Morgan fingerprint density at radius 2 is 2.54 bits per heavy atom. The van der Waals surface area contributed by atoms with E-state index in [1.165, 1.54) is 30.6 Å². The Balaban J connectivity index is 1.95. The van der Waals surface area contributed by atoms with Gasteiger partial charge in [-0.25, -0.2) is 0 Å². The molecule has 2 atom stereocenters. The van der Waals surface area contributed by atoms with Crippen molar-refractivity contribution in [3.8, 4) is 0 Å². The molecule has 0 N–H and O–H groups in total. The summed E-state index contributed by atoms with van der Waals surface area (Å²) in [5, 5.41) is 2.12. The Labute approximate surface area is 88.9 Å². The van der Waals surface area contributed by atoms with E-state index in [1.807, 2.05) is 0 Å². The van der Waals surface area contributed by atoms with Crippen molar-refractivity contribution in [1.29, 1.82) is 0 Å². The van der Waals surface area contributed by atoms with Crippen LogP contribution in [0.3, 0.4) is 0 Å². The predicted octanol–water partition coefficient (Wildman–Crippen LogP) is 4.39. The molecule has 2 rings (SSSR count). The van der Waals surface area contributed by atoms with Crippen LogP contribution in [0.4, 0.5) is 0 Å². The number of thiophene rings is 1. The first-order valence-electron chi connectivity index (χ1n) is 5.00. The molecular weight excluding hydrogens is 200 g/mol. The molecule has 72 valence electrons. The minimum atomic E-state index is 0.0311. The second-order valence-corrected chi connectivity index (χ2v) is 5.51. The number of hydrogen-bond donors (Lipinski definition) is 0. The van der Waals surface area contributed by atoms with Gasteiger partial charge in [-0.1, -0.05) is 25.8 Å². The van der Waals surface area contributed by atoms with Gasteiger partial charge in [-0.2, -0.15) is 0 Å². The van der Waals surface area contributed by atoms with Crippen molar-refractivity contribution < 1.29 is 0 Å². The number of alkyl halides is 1. The third kappa shape index (κ3) is 1.77. The van der Waals surface area contributed by atoms with Gasteiger partial charge in [0, 0.05) is 4.88 Å². The Bertz CT molecular complexity index is 268. The summed E-state index contributed by atoms with van der Waals surface area (Å²) in [6.45, 7) is 2.24. The smallest absolute Gasteiger partial charge is 0.0819 e. The highest BCUT2D eigenvalue weighted by Gasteiger charge is 2.53. The van der Waals surface area contributed by atoms with Crippen molar-refractivity contribution in [1.82, 2.24) is 0 Å². The van der Waals surface area contributed by atoms with E-state index in [2.05, 4.69) is 24.4 Å². The summed E-state index contributed by atoms with van der Waals surface area (Å²) in [4.78, 5) is 1.40. The lowest BCUT2D eigenvalue weighted by atomic mass is 10.1. The van der Waals surface area contributed by atoms with Gasteiger partial charge in [-0.3, -0.25) is 0 Å². The minimum absolute atomic E-state index is 0.0311. The van der Waals surface area contributed by atoms with Crippen LogP contribution < -0.4 is 0 Å². The number of hydrogen-bond acceptors (Lipinski definition) is 1. The van der Waals surface area contributed by atoms with Crippen LogP contribution in [-0.4, -0.2) is 0 Å². The first-order valence-corrected chi connectivity index (χ1v) is 6.26. The Morgan fingerprint density at radius 1 is 1.69 bits per heavy atom. The van der Waals surface area contributed by atoms with Gasteiger partial charge in [-0.15, -0.1) is 22.9 Å². The van der Waals surface area contributed by atoms with Crippen LogP contribution in [0.1, 0.15) is 37.5 Å². The zero-order chi connectivity index (χ0) is 9.31. The minimum Gasteiger partial charge on any atom is -0.147 e. The highest BCUT2D eigenvalue weighted by Crippen LogP contribution is 2.60. The van der Waals surface area contributed by atoms with E-state index in [-0.39, 0.29) is 4.87 Å². The molecular formula is C11H15ClS. The van der Waals surface area contributed by atoms with Crippen LogP contribution in [0.2, 0.25) is 0 Å². The van der Waals surface area contributed by atoms with Crippen LogP contribution in [0.15, 0.2) is 17.5 Å². The van der Waals surface area contributed by atoms with E-state index in [9.17, 15) is 0 Å². The molecule has 1 heterocycles. The molecule has 0 nitrogen and oxygen atoms in total. The number of unbranched alkanes of at least 4 members (excludes halogenated alkanes) is 1. The lowest BCUT2D eigenvalue weighted by molar-refractivity contribution is 0.628. The summed E-state index contributed by atoms with van der Waals surface area (Å²) in [6.07, 6.45) is 5.10. The lowest BCUT2D eigenvalue weighted by Gasteiger charge is -2.05. The number of halogens is 1. The maximum absolute atomic E-state index is 6.52. The first kappa shape index (κ1) is 9.54. The molecule has 0 aliphatic heterocycles. The topological polar surface area (TPSA) is 0 Å². The van der Waals surface area contributed by atoms with Gasteiger partial charge in [0.2, 0.25) is 0 Å². The van der Waals surface area contributed by atoms with E-state index in [0.717, 1.165) is 5.92 Å². The molecule has 0 aromatic carbocycles. The van der Waals surface area contributed by atoms with Crippen LogP contribution in [0, 0.1) is 5.92 Å². The maximum Gasteiger partial charge on any atom is 0.0819 e. The van der Waals surface area contributed by atoms with Gasteiger partial charge < -0.3 is 0 Å². The summed E-state index contributed by atoms with van der Waals surface area (Å²) in [7, 11) is 0. The van der Waals surface area contributed by atoms with E-state index in [0.29, 0.717) is 0 Å². The van der Waals surface area contributed by atoms with Crippen molar-refractivity contribution in [3.63, 3.8) is 0 Å². The van der Waals surface area contributed by atoms with E-state index >= 15 is 0 Å². The van der Waals surface area contributed by atoms with Crippen LogP contribution in [0.5, 0.6) is 0 Å². The highest BCUT2D eigenvalue weighted by atomic mass is 35.5. The Morgan fingerprint density at radius 3 is 3.15 bits per heavy atom. The van der Waals surface area contributed by atoms with Gasteiger partial charge in [0.1, 0.15) is 0 Å². The van der Waals surface area contributed by atoms with Crippen molar-refractivity contribution in [2.24, 2.45) is 5.92 Å². The van der Waals surface area contributed by atoms with Gasteiger partial charge >= 0.3 is 0 Å². The summed E-state index contributed by atoms with van der Waals surface area (Å²) in [6, 6.07) is 4.27. The van der Waals surface area contributed by atoms with Crippen LogP contribution in [0.25, 0.3) is 0 Å². The van der Waals surface area contributed by atoms with Gasteiger partial charge in [0.15, 0.2) is 0 Å². The van der Waals surface area contributed by atoms with Crippen molar-refractivity contribution in [3.05, 3.63) is 22.4 Å². The molecule has 1 saturated carbocycles. The van der Waals surface area contributed by atoms with E-state index in [4.69, 9.17) is 11.6 Å². The van der Waals surface area contributed by atoms with Gasteiger partial charge in [0.05, 0.1) is 4.87 Å². The Hall–Kier alpha value is -0.0100. The molecule has 2 heteroatoms. The quantitative estimate of drug-likeness (QED) is 0.652. The molecule has 0 spiro atoms. The highest BCUT2D eigenvalue weighted by molar-refractivity contribution is 7.10. The average molecular weight is 215 g/mol. The summed E-state index contributed by atoms with van der Waals surface area (Å²) < 4.78 is 0. The zero-order valence-electron chi connectivity index (χ0n) is 7.92. The average Bonchev–Trinajstić information content (AvgIpc) is 2.61. The molecule has 1 aromatic rings. The fraction of sp³-hybridized carbons (Fsp3) is 0.636. The standard InChI is InChI=1S/C11H15ClS/c1-2-3-5-9-8-11(9,12)10-6-4-7-13-10/h4,6-7,9H,2-3,5,8H2,1H3/t9-,11?/m0/s1. The normalized spacial score (nSPS) is 32.0. The monoisotopic (exact) mass is 214 g/mol. The van der Waals surface area contributed by atoms with E-state index < -0.39 is 0 Å². The molecule has 1 aromatic heterocycles. The summed E-state index contributed by atoms with van der Waals surface area (Å²) >= 11 is 8.32. The third-order valence-corrected chi connectivity index (χ3v) is 4.69. The first-order chi connectivity index (χ1) is 6.27. The van der Waals surface area contributed by atoms with Crippen molar-refractivity contribution >= 4 is 22.9 Å². The fourth-order valence-corrected chi connectivity index (χ4v) is 3.30. The molecule has 0 saturated heterocycles. The maximum atomic E-state index is 6.52. The molecule has 1 aliphatic rings. The largest absolute Gasteiger partial charge is 0.147 e. The molecule has 13 heavy (non-hydrogen) atoms. The number of rotatable bonds is 4. The second-order valence-electron chi connectivity index (χ2n) is 3.88. The molecule has 0 radical (unpaired) electrons. The SMILES string of the molecule is CCCC[C@H]1CC1(Cl)c1cccs1. The lowest BCUT2D eigenvalue weighted by Crippen LogP contribution is -1.97. The molecule has 1 fully saturated rings. The molecule has 1 aliphatic carbocycles. The summed E-state index contributed by atoms with van der Waals surface area (Å²) in [5.74, 6) is 0.743. The fourth-order valence-electron chi connectivity index (χ4n) is 1.90. The second kappa shape index (κ2) is 3.62. The van der Waals surface area contributed by atoms with Crippen molar-refractivity contribution in [2.75, 3.05) is 0 Å². The van der Waals surface area contributed by atoms with Crippen LogP contribution >= 0.6 is 22.9 Å².